The summed E-state index contributed by atoms with van der Waals surface area (Å²) in [6, 6.07) is 4.97. The standard InChI is InChI=1S/C14H18ClNO2/c1-2-16(8-10-3-4-10)9-12-6-5-11(14(17)18)7-13(12)15/h5-7,10H,2-4,8-9H2,1H3,(H,17,18). The van der Waals surface area contributed by atoms with Crippen LogP contribution in [0.15, 0.2) is 18.2 Å². The van der Waals surface area contributed by atoms with Crippen LogP contribution >= 0.6 is 11.6 Å². The Kier molecular flexibility index (Phi) is 4.25. The van der Waals surface area contributed by atoms with Crippen molar-refractivity contribution in [3.63, 3.8) is 0 Å². The first-order chi connectivity index (χ1) is 8.60. The summed E-state index contributed by atoms with van der Waals surface area (Å²) in [5.74, 6) is -0.0872. The molecule has 98 valence electrons. The molecule has 0 heterocycles. The molecule has 4 heteroatoms. The monoisotopic (exact) mass is 267 g/mol. The molecule has 0 aromatic heterocycles. The van der Waals surface area contributed by atoms with Crippen molar-refractivity contribution < 1.29 is 9.90 Å². The van der Waals surface area contributed by atoms with E-state index < -0.39 is 5.97 Å². The quantitative estimate of drug-likeness (QED) is 0.860. The Hall–Kier alpha value is -1.06. The number of benzene rings is 1. The molecular formula is C14H18ClNO2. The van der Waals surface area contributed by atoms with Gasteiger partial charge in [0.15, 0.2) is 0 Å². The number of aromatic carboxylic acids is 1. The molecule has 18 heavy (non-hydrogen) atoms. The van der Waals surface area contributed by atoms with Crippen molar-refractivity contribution in [2.24, 2.45) is 5.92 Å². The molecule has 1 aliphatic rings. The van der Waals surface area contributed by atoms with E-state index in [1.54, 1.807) is 6.07 Å². The number of rotatable bonds is 6. The molecule has 3 nitrogen and oxygen atoms in total. The van der Waals surface area contributed by atoms with Crippen LogP contribution in [0, 0.1) is 5.92 Å². The van der Waals surface area contributed by atoms with E-state index in [-0.39, 0.29) is 5.56 Å². The van der Waals surface area contributed by atoms with Crippen molar-refractivity contribution in [2.45, 2.75) is 26.3 Å². The van der Waals surface area contributed by atoms with Gasteiger partial charge >= 0.3 is 5.97 Å². The van der Waals surface area contributed by atoms with E-state index in [9.17, 15) is 4.79 Å². The zero-order chi connectivity index (χ0) is 13.1. The maximum atomic E-state index is 10.8. The molecule has 0 radical (unpaired) electrons. The highest BCUT2D eigenvalue weighted by Gasteiger charge is 2.23. The van der Waals surface area contributed by atoms with Gasteiger partial charge in [-0.3, -0.25) is 4.90 Å². The maximum absolute atomic E-state index is 10.8. The van der Waals surface area contributed by atoms with Crippen LogP contribution in [0.4, 0.5) is 0 Å². The van der Waals surface area contributed by atoms with Gasteiger partial charge in [0, 0.05) is 18.1 Å². The number of hydrogen-bond acceptors (Lipinski definition) is 2. The van der Waals surface area contributed by atoms with Crippen molar-refractivity contribution in [3.05, 3.63) is 34.3 Å². The number of nitrogens with zero attached hydrogens (tertiary/aromatic N) is 1. The van der Waals surface area contributed by atoms with Crippen molar-refractivity contribution in [2.75, 3.05) is 13.1 Å². The second kappa shape index (κ2) is 5.72. The summed E-state index contributed by atoms with van der Waals surface area (Å²) in [6.45, 7) is 5.05. The van der Waals surface area contributed by atoms with E-state index in [4.69, 9.17) is 16.7 Å². The lowest BCUT2D eigenvalue weighted by atomic mass is 10.1. The fraction of sp³-hybridized carbons (Fsp3) is 0.500. The Morgan fingerprint density at radius 2 is 2.22 bits per heavy atom. The minimum Gasteiger partial charge on any atom is -0.478 e. The zero-order valence-electron chi connectivity index (χ0n) is 10.5. The van der Waals surface area contributed by atoms with Crippen LogP contribution in [0.25, 0.3) is 0 Å². The topological polar surface area (TPSA) is 40.5 Å². The Morgan fingerprint density at radius 3 is 2.72 bits per heavy atom. The fourth-order valence-electron chi connectivity index (χ4n) is 2.02. The van der Waals surface area contributed by atoms with Crippen LogP contribution in [0.1, 0.15) is 35.7 Å². The van der Waals surface area contributed by atoms with Gasteiger partial charge < -0.3 is 5.11 Å². The lowest BCUT2D eigenvalue weighted by Gasteiger charge is -2.20. The highest BCUT2D eigenvalue weighted by molar-refractivity contribution is 6.31. The maximum Gasteiger partial charge on any atom is 0.335 e. The number of halogens is 1. The van der Waals surface area contributed by atoms with E-state index in [0.29, 0.717) is 5.02 Å². The summed E-state index contributed by atoms with van der Waals surface area (Å²) in [4.78, 5) is 13.2. The summed E-state index contributed by atoms with van der Waals surface area (Å²) in [7, 11) is 0. The van der Waals surface area contributed by atoms with E-state index >= 15 is 0 Å². The largest absolute Gasteiger partial charge is 0.478 e. The average molecular weight is 268 g/mol. The Balaban J connectivity index is 2.05. The highest BCUT2D eigenvalue weighted by Crippen LogP contribution is 2.30. The predicted octanol–water partition coefficient (Wildman–Crippen LogP) is 3.27. The minimum absolute atomic E-state index is 0.244. The third-order valence-electron chi connectivity index (χ3n) is 3.35. The average Bonchev–Trinajstić information content (AvgIpc) is 3.14. The number of carbonyl (C=O) groups is 1. The van der Waals surface area contributed by atoms with Crippen LogP contribution in [0.2, 0.25) is 5.02 Å². The molecule has 0 amide bonds. The number of hydrogen-bond donors (Lipinski definition) is 1. The fourth-order valence-corrected chi connectivity index (χ4v) is 2.26. The lowest BCUT2D eigenvalue weighted by Crippen LogP contribution is -2.25. The molecule has 0 bridgehead atoms. The van der Waals surface area contributed by atoms with Crippen LogP contribution in [-0.4, -0.2) is 29.1 Å². The molecule has 1 aliphatic carbocycles. The number of carboxylic acid groups (broad SMARTS) is 1. The molecule has 0 saturated heterocycles. The summed E-state index contributed by atoms with van der Waals surface area (Å²) >= 11 is 6.14. The SMILES string of the molecule is CCN(Cc1ccc(C(=O)O)cc1Cl)CC1CC1. The molecule has 1 saturated carbocycles. The van der Waals surface area contributed by atoms with Crippen molar-refractivity contribution >= 4 is 17.6 Å². The second-order valence-corrected chi connectivity index (χ2v) is 5.29. The van der Waals surface area contributed by atoms with Crippen LogP contribution < -0.4 is 0 Å². The Morgan fingerprint density at radius 1 is 1.50 bits per heavy atom. The molecule has 0 atom stereocenters. The van der Waals surface area contributed by atoms with Gasteiger partial charge in [0.25, 0.3) is 0 Å². The summed E-state index contributed by atoms with van der Waals surface area (Å²) in [6.07, 6.45) is 2.67. The summed E-state index contributed by atoms with van der Waals surface area (Å²) < 4.78 is 0. The van der Waals surface area contributed by atoms with Gasteiger partial charge in [-0.1, -0.05) is 24.6 Å². The minimum atomic E-state index is -0.936. The van der Waals surface area contributed by atoms with Gasteiger partial charge in [0.1, 0.15) is 0 Å². The van der Waals surface area contributed by atoms with Crippen molar-refractivity contribution in [3.8, 4) is 0 Å². The molecule has 1 aromatic rings. The number of carboxylic acids is 1. The molecule has 1 fully saturated rings. The molecule has 0 spiro atoms. The third-order valence-corrected chi connectivity index (χ3v) is 3.71. The molecule has 0 aliphatic heterocycles. The first kappa shape index (κ1) is 13.4. The van der Waals surface area contributed by atoms with E-state index in [2.05, 4.69) is 11.8 Å². The normalized spacial score (nSPS) is 15.1. The molecule has 1 aromatic carbocycles. The third kappa shape index (κ3) is 3.47. The first-order valence-electron chi connectivity index (χ1n) is 6.34. The molecule has 2 rings (SSSR count). The van der Waals surface area contributed by atoms with Gasteiger partial charge in [-0.15, -0.1) is 0 Å². The summed E-state index contributed by atoms with van der Waals surface area (Å²) in [5.41, 5.74) is 1.25. The van der Waals surface area contributed by atoms with Gasteiger partial charge in [-0.2, -0.15) is 0 Å². The Bertz CT molecular complexity index is 443. The smallest absolute Gasteiger partial charge is 0.335 e. The summed E-state index contributed by atoms with van der Waals surface area (Å²) in [5, 5.41) is 9.43. The van der Waals surface area contributed by atoms with E-state index in [0.717, 1.165) is 31.1 Å². The van der Waals surface area contributed by atoms with Crippen LogP contribution in [0.5, 0.6) is 0 Å². The predicted molar refractivity (Wildman–Crippen MR) is 72.1 cm³/mol. The zero-order valence-corrected chi connectivity index (χ0v) is 11.3. The van der Waals surface area contributed by atoms with E-state index in [1.165, 1.54) is 18.9 Å². The highest BCUT2D eigenvalue weighted by atomic mass is 35.5. The van der Waals surface area contributed by atoms with Crippen LogP contribution in [0.3, 0.4) is 0 Å². The van der Waals surface area contributed by atoms with Gasteiger partial charge in [-0.25, -0.2) is 4.79 Å². The first-order valence-corrected chi connectivity index (χ1v) is 6.72. The van der Waals surface area contributed by atoms with Gasteiger partial charge in [-0.05, 0) is 43.0 Å². The van der Waals surface area contributed by atoms with E-state index in [1.807, 2.05) is 6.07 Å². The molecule has 0 unspecified atom stereocenters. The molecule has 1 N–H and O–H groups in total. The second-order valence-electron chi connectivity index (χ2n) is 4.88. The van der Waals surface area contributed by atoms with Gasteiger partial charge in [0.05, 0.1) is 5.56 Å². The molecular weight excluding hydrogens is 250 g/mol. The van der Waals surface area contributed by atoms with Crippen LogP contribution in [-0.2, 0) is 6.54 Å². The Labute approximate surface area is 112 Å². The lowest BCUT2D eigenvalue weighted by molar-refractivity contribution is 0.0697. The van der Waals surface area contributed by atoms with Gasteiger partial charge in [0.2, 0.25) is 0 Å². The van der Waals surface area contributed by atoms with Crippen molar-refractivity contribution in [1.82, 2.24) is 4.90 Å². The van der Waals surface area contributed by atoms with Crippen molar-refractivity contribution in [1.29, 1.82) is 0 Å².